The van der Waals surface area contributed by atoms with Gasteiger partial charge in [0.15, 0.2) is 10.9 Å². The summed E-state index contributed by atoms with van der Waals surface area (Å²) in [6, 6.07) is 15.6. The minimum atomic E-state index is -0.281. The third kappa shape index (κ3) is 5.24. The van der Waals surface area contributed by atoms with E-state index in [2.05, 4.69) is 10.3 Å². The molecule has 2 aromatic carbocycles. The number of carbonyl (C=O) groups excluding carboxylic acids is 2. The maximum Gasteiger partial charge on any atom is 0.226 e. The topological polar surface area (TPSA) is 59.1 Å². The van der Waals surface area contributed by atoms with Crippen LogP contribution in [0.5, 0.6) is 0 Å². The lowest BCUT2D eigenvalue weighted by Gasteiger charge is -2.02. The van der Waals surface area contributed by atoms with Crippen molar-refractivity contribution in [1.82, 2.24) is 4.98 Å². The van der Waals surface area contributed by atoms with Crippen LogP contribution >= 0.6 is 23.1 Å². The summed E-state index contributed by atoms with van der Waals surface area (Å²) < 4.78 is 12.9. The SMILES string of the molecule is CC(=O)c1sc(NC(=O)CCSc2ccc(F)cc2)nc1-c1ccccc1. The van der Waals surface area contributed by atoms with Crippen LogP contribution in [0.3, 0.4) is 0 Å². The number of hydrogen-bond acceptors (Lipinski definition) is 5. The van der Waals surface area contributed by atoms with Crippen LogP contribution in [-0.2, 0) is 4.79 Å². The molecule has 0 bridgehead atoms. The van der Waals surface area contributed by atoms with Crippen molar-refractivity contribution in [2.45, 2.75) is 18.2 Å². The highest BCUT2D eigenvalue weighted by Gasteiger charge is 2.17. The second-order valence-electron chi connectivity index (χ2n) is 5.72. The number of carbonyl (C=O) groups is 2. The molecule has 27 heavy (non-hydrogen) atoms. The number of hydrogen-bond donors (Lipinski definition) is 1. The Bertz CT molecular complexity index is 940. The first-order chi connectivity index (χ1) is 13.0. The number of thiazole rings is 1. The zero-order chi connectivity index (χ0) is 19.2. The molecule has 138 valence electrons. The summed E-state index contributed by atoms with van der Waals surface area (Å²) in [5.41, 5.74) is 1.43. The number of aromatic nitrogens is 1. The minimum Gasteiger partial charge on any atom is -0.302 e. The Morgan fingerprint density at radius 3 is 2.48 bits per heavy atom. The van der Waals surface area contributed by atoms with Crippen molar-refractivity contribution < 1.29 is 14.0 Å². The van der Waals surface area contributed by atoms with E-state index in [1.807, 2.05) is 30.3 Å². The summed E-state index contributed by atoms with van der Waals surface area (Å²) in [4.78, 5) is 30.0. The summed E-state index contributed by atoms with van der Waals surface area (Å²) in [7, 11) is 0. The average Bonchev–Trinajstić information content (AvgIpc) is 3.08. The van der Waals surface area contributed by atoms with Gasteiger partial charge in [-0.3, -0.25) is 9.59 Å². The highest BCUT2D eigenvalue weighted by atomic mass is 32.2. The first-order valence-corrected chi connectivity index (χ1v) is 10.1. The monoisotopic (exact) mass is 400 g/mol. The number of halogens is 1. The van der Waals surface area contributed by atoms with Gasteiger partial charge in [0, 0.05) is 29.6 Å². The maximum atomic E-state index is 12.9. The van der Waals surface area contributed by atoms with Crippen LogP contribution < -0.4 is 5.32 Å². The predicted octanol–water partition coefficient (Wildman–Crippen LogP) is 5.27. The Kier molecular flexibility index (Phi) is 6.36. The fourth-order valence-electron chi connectivity index (χ4n) is 2.38. The number of nitrogens with zero attached hydrogens (tertiary/aromatic N) is 1. The van der Waals surface area contributed by atoms with Crippen molar-refractivity contribution >= 4 is 39.9 Å². The number of rotatable bonds is 7. The Labute approximate surface area is 164 Å². The molecule has 0 atom stereocenters. The normalized spacial score (nSPS) is 10.6. The first-order valence-electron chi connectivity index (χ1n) is 8.28. The van der Waals surface area contributed by atoms with Gasteiger partial charge in [-0.15, -0.1) is 11.8 Å². The number of amides is 1. The molecule has 0 aliphatic heterocycles. The van der Waals surface area contributed by atoms with Crippen LogP contribution in [0.4, 0.5) is 9.52 Å². The summed E-state index contributed by atoms with van der Waals surface area (Å²) in [5.74, 6) is 0.0247. The van der Waals surface area contributed by atoms with Crippen LogP contribution in [0, 0.1) is 5.82 Å². The average molecular weight is 401 g/mol. The molecule has 1 aromatic heterocycles. The van der Waals surface area contributed by atoms with Crippen LogP contribution in [0.25, 0.3) is 11.3 Å². The van der Waals surface area contributed by atoms with E-state index in [-0.39, 0.29) is 23.9 Å². The Hall–Kier alpha value is -2.51. The largest absolute Gasteiger partial charge is 0.302 e. The number of ketones is 1. The third-order valence-electron chi connectivity index (χ3n) is 3.65. The van der Waals surface area contributed by atoms with Gasteiger partial charge in [0.25, 0.3) is 0 Å². The van der Waals surface area contributed by atoms with Gasteiger partial charge in [0.1, 0.15) is 5.82 Å². The third-order valence-corrected chi connectivity index (χ3v) is 5.74. The Morgan fingerprint density at radius 1 is 1.11 bits per heavy atom. The quantitative estimate of drug-likeness (QED) is 0.433. The van der Waals surface area contributed by atoms with Crippen LogP contribution in [0.2, 0.25) is 0 Å². The van der Waals surface area contributed by atoms with Gasteiger partial charge in [-0.25, -0.2) is 9.37 Å². The molecule has 1 amide bonds. The van der Waals surface area contributed by atoms with E-state index >= 15 is 0 Å². The fourth-order valence-corrected chi connectivity index (χ4v) is 4.13. The van der Waals surface area contributed by atoms with Crippen molar-refractivity contribution in [2.75, 3.05) is 11.1 Å². The van der Waals surface area contributed by atoms with E-state index in [0.717, 1.165) is 10.5 Å². The summed E-state index contributed by atoms with van der Waals surface area (Å²) in [6.45, 7) is 1.49. The van der Waals surface area contributed by atoms with Gasteiger partial charge in [-0.2, -0.15) is 0 Å². The number of anilines is 1. The van der Waals surface area contributed by atoms with E-state index in [4.69, 9.17) is 0 Å². The number of nitrogens with one attached hydrogen (secondary N) is 1. The van der Waals surface area contributed by atoms with Crippen molar-refractivity contribution in [3.8, 4) is 11.3 Å². The molecule has 3 aromatic rings. The van der Waals surface area contributed by atoms with Gasteiger partial charge < -0.3 is 5.32 Å². The first kappa shape index (κ1) is 19.3. The van der Waals surface area contributed by atoms with E-state index in [1.54, 1.807) is 12.1 Å². The van der Waals surface area contributed by atoms with Crippen molar-refractivity contribution in [2.24, 2.45) is 0 Å². The fraction of sp³-hybridized carbons (Fsp3) is 0.150. The summed E-state index contributed by atoms with van der Waals surface area (Å²) in [5, 5.41) is 3.18. The number of benzene rings is 2. The van der Waals surface area contributed by atoms with Gasteiger partial charge in [-0.1, -0.05) is 41.7 Å². The Balaban J connectivity index is 1.62. The molecule has 0 fully saturated rings. The van der Waals surface area contributed by atoms with Gasteiger partial charge in [0.2, 0.25) is 5.91 Å². The molecule has 1 N–H and O–H groups in total. The molecule has 3 rings (SSSR count). The number of Topliss-reactive ketones (excluding diaryl/α,β-unsaturated/α-hetero) is 1. The van der Waals surface area contributed by atoms with Crippen molar-refractivity contribution in [3.63, 3.8) is 0 Å². The lowest BCUT2D eigenvalue weighted by Crippen LogP contribution is -2.11. The van der Waals surface area contributed by atoms with E-state index in [9.17, 15) is 14.0 Å². The van der Waals surface area contributed by atoms with E-state index in [1.165, 1.54) is 42.2 Å². The Morgan fingerprint density at radius 2 is 1.81 bits per heavy atom. The van der Waals surface area contributed by atoms with Gasteiger partial charge >= 0.3 is 0 Å². The molecular weight excluding hydrogens is 383 g/mol. The summed E-state index contributed by atoms with van der Waals surface area (Å²) >= 11 is 2.66. The van der Waals surface area contributed by atoms with E-state index in [0.29, 0.717) is 21.5 Å². The highest BCUT2D eigenvalue weighted by Crippen LogP contribution is 2.31. The smallest absolute Gasteiger partial charge is 0.226 e. The maximum absolute atomic E-state index is 12.9. The van der Waals surface area contributed by atoms with Crippen molar-refractivity contribution in [3.05, 3.63) is 65.3 Å². The molecule has 0 aliphatic carbocycles. The van der Waals surface area contributed by atoms with E-state index < -0.39 is 0 Å². The zero-order valence-corrected chi connectivity index (χ0v) is 16.2. The highest BCUT2D eigenvalue weighted by molar-refractivity contribution is 7.99. The molecule has 0 unspecified atom stereocenters. The lowest BCUT2D eigenvalue weighted by atomic mass is 10.1. The predicted molar refractivity (Wildman–Crippen MR) is 108 cm³/mol. The molecule has 0 radical (unpaired) electrons. The summed E-state index contributed by atoms with van der Waals surface area (Å²) in [6.07, 6.45) is 0.289. The molecule has 0 saturated carbocycles. The second kappa shape index (κ2) is 8.92. The molecule has 1 heterocycles. The van der Waals surface area contributed by atoms with Gasteiger partial charge in [0.05, 0.1) is 10.6 Å². The standard InChI is InChI=1S/C20H17FN2O2S2/c1-13(24)19-18(14-5-3-2-4-6-14)23-20(27-19)22-17(25)11-12-26-16-9-7-15(21)8-10-16/h2-10H,11-12H2,1H3,(H,22,23,25). The number of thioether (sulfide) groups is 1. The minimum absolute atomic E-state index is 0.0845. The van der Waals surface area contributed by atoms with Crippen molar-refractivity contribution in [1.29, 1.82) is 0 Å². The van der Waals surface area contributed by atoms with Crippen LogP contribution in [0.1, 0.15) is 23.0 Å². The zero-order valence-electron chi connectivity index (χ0n) is 14.6. The van der Waals surface area contributed by atoms with Crippen LogP contribution in [0.15, 0.2) is 59.5 Å². The molecular formula is C20H17FN2O2S2. The van der Waals surface area contributed by atoms with Crippen LogP contribution in [-0.4, -0.2) is 22.4 Å². The second-order valence-corrected chi connectivity index (χ2v) is 7.89. The molecule has 7 heteroatoms. The molecule has 0 spiro atoms. The van der Waals surface area contributed by atoms with Gasteiger partial charge in [-0.05, 0) is 24.3 Å². The lowest BCUT2D eigenvalue weighted by molar-refractivity contribution is -0.115. The molecule has 4 nitrogen and oxygen atoms in total. The molecule has 0 aliphatic rings. The molecule has 0 saturated heterocycles.